The van der Waals surface area contributed by atoms with Crippen molar-refractivity contribution in [3.8, 4) is 0 Å². The molecule has 0 radical (unpaired) electrons. The van der Waals surface area contributed by atoms with Gasteiger partial charge in [0.25, 0.3) is 0 Å². The Hall–Kier alpha value is -1.96. The van der Waals surface area contributed by atoms with Crippen molar-refractivity contribution < 1.29 is 29.3 Å². The largest absolute Gasteiger partial charge is 0.481 e. The molecular weight excluding hydrogens is 338 g/mol. The average molecular weight is 367 g/mol. The lowest BCUT2D eigenvalue weighted by atomic mass is 10.1. The first-order valence-electron chi connectivity index (χ1n) is 8.91. The summed E-state index contributed by atoms with van der Waals surface area (Å²) >= 11 is 0. The minimum atomic E-state index is -1.03. The van der Waals surface area contributed by atoms with E-state index in [4.69, 9.17) is 14.6 Å². The van der Waals surface area contributed by atoms with Crippen molar-refractivity contribution in [3.63, 3.8) is 0 Å². The lowest BCUT2D eigenvalue weighted by molar-refractivity contribution is -0.138. The summed E-state index contributed by atoms with van der Waals surface area (Å²) in [7, 11) is 0. The van der Waals surface area contributed by atoms with Crippen LogP contribution in [0, 0.1) is 0 Å². The first-order chi connectivity index (χ1) is 12.5. The highest BCUT2D eigenvalue weighted by Gasteiger charge is 2.09. The second kappa shape index (κ2) is 13.3. The molecule has 7 heteroatoms. The van der Waals surface area contributed by atoms with Crippen LogP contribution in [0.15, 0.2) is 24.3 Å². The van der Waals surface area contributed by atoms with Crippen LogP contribution in [-0.4, -0.2) is 48.0 Å². The summed E-state index contributed by atoms with van der Waals surface area (Å²) in [6, 6.07) is 7.89. The lowest BCUT2D eigenvalue weighted by Crippen LogP contribution is -2.34. The Morgan fingerprint density at radius 1 is 1.08 bits per heavy atom. The van der Waals surface area contributed by atoms with Crippen molar-refractivity contribution in [2.75, 3.05) is 19.8 Å². The van der Waals surface area contributed by atoms with Crippen LogP contribution < -0.4 is 5.32 Å². The molecule has 26 heavy (non-hydrogen) atoms. The summed E-state index contributed by atoms with van der Waals surface area (Å²) < 4.78 is 11.0. The number of benzene rings is 1. The van der Waals surface area contributed by atoms with E-state index in [9.17, 15) is 14.7 Å². The molecule has 1 atom stereocenters. The van der Waals surface area contributed by atoms with Gasteiger partial charge in [-0.2, -0.15) is 0 Å². The lowest BCUT2D eigenvalue weighted by Gasteiger charge is -2.12. The van der Waals surface area contributed by atoms with Crippen LogP contribution in [0.1, 0.15) is 43.7 Å². The predicted molar refractivity (Wildman–Crippen MR) is 96.5 cm³/mol. The number of carbonyl (C=O) groups excluding carboxylic acids is 1. The van der Waals surface area contributed by atoms with Crippen LogP contribution in [0.3, 0.4) is 0 Å². The number of carboxylic acid groups (broad SMARTS) is 1. The van der Waals surface area contributed by atoms with E-state index in [1.54, 1.807) is 0 Å². The monoisotopic (exact) mass is 367 g/mol. The number of aliphatic carboxylic acids is 1. The summed E-state index contributed by atoms with van der Waals surface area (Å²) in [5, 5.41) is 20.7. The molecule has 0 heterocycles. The highest BCUT2D eigenvalue weighted by atomic mass is 16.5. The molecule has 1 aromatic carbocycles. The summed E-state index contributed by atoms with van der Waals surface area (Å²) in [6.07, 6.45) is 1.02. The third-order valence-electron chi connectivity index (χ3n) is 3.61. The zero-order chi connectivity index (χ0) is 19.2. The third kappa shape index (κ3) is 10.8. The van der Waals surface area contributed by atoms with Crippen molar-refractivity contribution >= 4 is 11.9 Å². The number of aliphatic hydroxyl groups is 1. The van der Waals surface area contributed by atoms with E-state index in [1.807, 2.05) is 24.3 Å². The summed E-state index contributed by atoms with van der Waals surface area (Å²) in [4.78, 5) is 21.7. The van der Waals surface area contributed by atoms with Crippen molar-refractivity contribution in [2.45, 2.75) is 51.9 Å². The Labute approximate surface area is 154 Å². The highest BCUT2D eigenvalue weighted by molar-refractivity contribution is 5.80. The van der Waals surface area contributed by atoms with Crippen LogP contribution >= 0.6 is 0 Å². The zero-order valence-corrected chi connectivity index (χ0v) is 15.3. The number of carboxylic acids is 1. The molecule has 0 bridgehead atoms. The minimum absolute atomic E-state index is 0.0342. The summed E-state index contributed by atoms with van der Waals surface area (Å²) in [5.41, 5.74) is 2.09. The fraction of sp³-hybridized carbons (Fsp3) is 0.579. The number of hydrogen-bond acceptors (Lipinski definition) is 5. The number of carbonyl (C=O) groups is 2. The molecule has 0 saturated carbocycles. The van der Waals surface area contributed by atoms with Gasteiger partial charge in [-0.05, 0) is 17.5 Å². The Morgan fingerprint density at radius 3 is 2.27 bits per heavy atom. The van der Waals surface area contributed by atoms with Crippen molar-refractivity contribution in [3.05, 3.63) is 35.4 Å². The smallest absolute Gasteiger partial charge is 0.303 e. The molecule has 0 aromatic heterocycles. The van der Waals surface area contributed by atoms with Crippen LogP contribution in [0.25, 0.3) is 0 Å². The molecule has 0 aliphatic rings. The van der Waals surface area contributed by atoms with Gasteiger partial charge in [0.2, 0.25) is 5.91 Å². The maximum atomic E-state index is 11.4. The molecule has 1 amide bonds. The number of hydrogen-bond donors (Lipinski definition) is 3. The number of nitrogens with one attached hydrogen (secondary N) is 1. The van der Waals surface area contributed by atoms with Gasteiger partial charge < -0.3 is 25.0 Å². The van der Waals surface area contributed by atoms with Gasteiger partial charge >= 0.3 is 5.97 Å². The van der Waals surface area contributed by atoms with Crippen LogP contribution in [0.5, 0.6) is 0 Å². The SMILES string of the molecule is CCCCOCc1ccc(COC[C@H](O)CNC(=O)CCC(=O)O)cc1. The zero-order valence-electron chi connectivity index (χ0n) is 15.3. The van der Waals surface area contributed by atoms with E-state index in [-0.39, 0.29) is 26.0 Å². The minimum Gasteiger partial charge on any atom is -0.481 e. The molecule has 146 valence electrons. The van der Waals surface area contributed by atoms with Crippen LogP contribution in [0.4, 0.5) is 0 Å². The van der Waals surface area contributed by atoms with E-state index in [1.165, 1.54) is 0 Å². The number of amides is 1. The van der Waals surface area contributed by atoms with Gasteiger partial charge in [0.15, 0.2) is 0 Å². The Morgan fingerprint density at radius 2 is 1.69 bits per heavy atom. The molecule has 3 N–H and O–H groups in total. The molecule has 1 rings (SSSR count). The predicted octanol–water partition coefficient (Wildman–Crippen LogP) is 1.86. The van der Waals surface area contributed by atoms with Crippen molar-refractivity contribution in [2.24, 2.45) is 0 Å². The molecule has 0 unspecified atom stereocenters. The molecule has 7 nitrogen and oxygen atoms in total. The van der Waals surface area contributed by atoms with Gasteiger partial charge in [0, 0.05) is 19.6 Å². The van der Waals surface area contributed by atoms with Crippen molar-refractivity contribution in [1.29, 1.82) is 0 Å². The maximum absolute atomic E-state index is 11.4. The van der Waals surface area contributed by atoms with E-state index in [0.717, 1.165) is 30.6 Å². The Balaban J connectivity index is 2.16. The first kappa shape index (κ1) is 22.1. The second-order valence-corrected chi connectivity index (χ2v) is 6.09. The fourth-order valence-corrected chi connectivity index (χ4v) is 2.08. The number of ether oxygens (including phenoxy) is 2. The molecule has 0 aliphatic carbocycles. The van der Waals surface area contributed by atoms with Gasteiger partial charge in [-0.3, -0.25) is 9.59 Å². The Kier molecular flexibility index (Phi) is 11.3. The van der Waals surface area contributed by atoms with Crippen molar-refractivity contribution in [1.82, 2.24) is 5.32 Å². The van der Waals surface area contributed by atoms with Crippen LogP contribution in [-0.2, 0) is 32.3 Å². The molecule has 0 saturated heterocycles. The van der Waals surface area contributed by atoms with E-state index >= 15 is 0 Å². The quantitative estimate of drug-likeness (QED) is 0.434. The number of unbranched alkanes of at least 4 members (excludes halogenated alkanes) is 1. The van der Waals surface area contributed by atoms with Gasteiger partial charge in [-0.25, -0.2) is 0 Å². The second-order valence-electron chi connectivity index (χ2n) is 6.09. The van der Waals surface area contributed by atoms with Gasteiger partial charge in [0.05, 0.1) is 32.3 Å². The molecule has 0 fully saturated rings. The fourth-order valence-electron chi connectivity index (χ4n) is 2.08. The first-order valence-corrected chi connectivity index (χ1v) is 8.91. The standard InChI is InChI=1S/C19H29NO6/c1-2-3-10-25-12-15-4-6-16(7-5-15)13-26-14-17(21)11-20-18(22)8-9-19(23)24/h4-7,17,21H,2-3,8-14H2,1H3,(H,20,22)(H,23,24)/t17-/m1/s1. The maximum Gasteiger partial charge on any atom is 0.303 e. The van der Waals surface area contributed by atoms with Gasteiger partial charge in [-0.1, -0.05) is 37.6 Å². The molecule has 1 aromatic rings. The molecule has 0 aliphatic heterocycles. The van der Waals surface area contributed by atoms with Gasteiger partial charge in [-0.15, -0.1) is 0 Å². The number of aliphatic hydroxyl groups excluding tert-OH is 1. The van der Waals surface area contributed by atoms with E-state index in [2.05, 4.69) is 12.2 Å². The average Bonchev–Trinajstić information content (AvgIpc) is 2.63. The number of rotatable bonds is 14. The van der Waals surface area contributed by atoms with E-state index in [0.29, 0.717) is 13.2 Å². The van der Waals surface area contributed by atoms with E-state index < -0.39 is 18.0 Å². The molecule has 0 spiro atoms. The normalized spacial score (nSPS) is 11.9. The molecular formula is C19H29NO6. The summed E-state index contributed by atoms with van der Waals surface area (Å²) in [6.45, 7) is 3.98. The van der Waals surface area contributed by atoms with Gasteiger partial charge in [0.1, 0.15) is 0 Å². The third-order valence-corrected chi connectivity index (χ3v) is 3.61. The Bertz CT molecular complexity index is 531. The summed E-state index contributed by atoms with van der Waals surface area (Å²) in [5.74, 6) is -1.43. The van der Waals surface area contributed by atoms with Crippen LogP contribution in [0.2, 0.25) is 0 Å². The highest BCUT2D eigenvalue weighted by Crippen LogP contribution is 2.08. The topological polar surface area (TPSA) is 105 Å².